The fraction of sp³-hybridized carbons (Fsp3) is 0.0417. The van der Waals surface area contributed by atoms with Crippen LogP contribution in [0.4, 0.5) is 4.39 Å². The van der Waals surface area contributed by atoms with Crippen molar-refractivity contribution in [3.05, 3.63) is 108 Å². The first kappa shape index (κ1) is 18.3. The van der Waals surface area contributed by atoms with E-state index < -0.39 is 0 Å². The van der Waals surface area contributed by atoms with E-state index in [0.717, 1.165) is 22.4 Å². The third-order valence-corrected chi connectivity index (χ3v) is 4.02. The fourth-order valence-corrected chi connectivity index (χ4v) is 2.47. The molecule has 3 rings (SSSR count). The van der Waals surface area contributed by atoms with Gasteiger partial charge in [-0.15, -0.1) is 0 Å². The second kappa shape index (κ2) is 8.28. The van der Waals surface area contributed by atoms with Gasteiger partial charge in [0.25, 0.3) is 0 Å². The zero-order chi connectivity index (χ0) is 19.2. The summed E-state index contributed by atoms with van der Waals surface area (Å²) in [6, 6.07) is 20.6. The third-order valence-electron chi connectivity index (χ3n) is 4.02. The number of hydrogen-bond donors (Lipinski definition) is 0. The summed E-state index contributed by atoms with van der Waals surface area (Å²) in [5.41, 5.74) is 3.41. The van der Waals surface area contributed by atoms with E-state index in [1.54, 1.807) is 6.08 Å². The summed E-state index contributed by atoms with van der Waals surface area (Å²) in [7, 11) is 0. The molecule has 134 valence electrons. The van der Waals surface area contributed by atoms with Gasteiger partial charge >= 0.3 is 0 Å². The normalized spacial score (nSPS) is 10.7. The molecule has 3 heteroatoms. The summed E-state index contributed by atoms with van der Waals surface area (Å²) in [6.07, 6.45) is 3.19. The molecule has 0 heterocycles. The number of hydrogen-bond acceptors (Lipinski definition) is 2. The van der Waals surface area contributed by atoms with Crippen LogP contribution in [-0.2, 0) is 0 Å². The van der Waals surface area contributed by atoms with Gasteiger partial charge in [-0.3, -0.25) is 4.79 Å². The van der Waals surface area contributed by atoms with Crippen molar-refractivity contribution in [3.63, 3.8) is 0 Å². The van der Waals surface area contributed by atoms with Crippen LogP contribution in [-0.4, -0.2) is 5.78 Å². The molecule has 0 aliphatic heterocycles. The van der Waals surface area contributed by atoms with Gasteiger partial charge in [-0.25, -0.2) is 4.39 Å². The lowest BCUT2D eigenvalue weighted by atomic mass is 10.1. The molecule has 0 atom stereocenters. The first-order chi connectivity index (χ1) is 13.0. The Bertz CT molecular complexity index is 966. The van der Waals surface area contributed by atoms with Crippen LogP contribution < -0.4 is 4.74 Å². The highest BCUT2D eigenvalue weighted by atomic mass is 19.1. The van der Waals surface area contributed by atoms with Crippen molar-refractivity contribution >= 4 is 17.4 Å². The van der Waals surface area contributed by atoms with E-state index in [1.807, 2.05) is 55.5 Å². The van der Waals surface area contributed by atoms with E-state index in [9.17, 15) is 9.18 Å². The first-order valence-electron chi connectivity index (χ1n) is 8.53. The molecule has 0 radical (unpaired) electrons. The molecule has 0 aromatic heterocycles. The Morgan fingerprint density at radius 1 is 0.852 bits per heavy atom. The molecular weight excluding hydrogens is 339 g/mol. The lowest BCUT2D eigenvalue weighted by Crippen LogP contribution is -1.93. The second-order valence-corrected chi connectivity index (χ2v) is 6.18. The van der Waals surface area contributed by atoms with Crippen LogP contribution in [0.2, 0.25) is 0 Å². The van der Waals surface area contributed by atoms with Gasteiger partial charge < -0.3 is 4.74 Å². The van der Waals surface area contributed by atoms with Crippen LogP contribution in [0.5, 0.6) is 11.5 Å². The molecule has 0 saturated carbocycles. The lowest BCUT2D eigenvalue weighted by molar-refractivity contribution is 0.104. The van der Waals surface area contributed by atoms with Gasteiger partial charge in [-0.1, -0.05) is 42.5 Å². The van der Waals surface area contributed by atoms with E-state index in [4.69, 9.17) is 4.74 Å². The minimum Gasteiger partial charge on any atom is -0.457 e. The zero-order valence-electron chi connectivity index (χ0n) is 15.0. The Morgan fingerprint density at radius 3 is 1.93 bits per heavy atom. The van der Waals surface area contributed by atoms with Gasteiger partial charge in [0.2, 0.25) is 0 Å². The molecule has 2 nitrogen and oxygen atoms in total. The number of ketones is 1. The minimum atomic E-state index is -0.361. The van der Waals surface area contributed by atoms with Crippen molar-refractivity contribution < 1.29 is 13.9 Å². The predicted molar refractivity (Wildman–Crippen MR) is 107 cm³/mol. The Balaban J connectivity index is 1.63. The molecule has 0 unspecified atom stereocenters. The summed E-state index contributed by atoms with van der Waals surface area (Å²) in [5, 5.41) is 0. The number of halogens is 1. The molecule has 27 heavy (non-hydrogen) atoms. The number of benzene rings is 3. The first-order valence-corrected chi connectivity index (χ1v) is 8.53. The van der Waals surface area contributed by atoms with Crippen LogP contribution in [0, 0.1) is 5.82 Å². The second-order valence-electron chi connectivity index (χ2n) is 6.18. The van der Waals surface area contributed by atoms with E-state index in [2.05, 4.69) is 6.58 Å². The van der Waals surface area contributed by atoms with Gasteiger partial charge in [-0.2, -0.15) is 0 Å². The molecule has 0 spiro atoms. The van der Waals surface area contributed by atoms with Gasteiger partial charge in [0, 0.05) is 5.56 Å². The standard InChI is InChI=1S/C24H19FO2/c1-17(2)19-8-14-23(15-9-19)27-22-12-3-18(4-13-22)5-16-24(26)20-6-10-21(25)11-7-20/h3-16H,1H2,2H3. The number of carbonyl (C=O) groups excluding carboxylic acids is 1. The van der Waals surface area contributed by atoms with Gasteiger partial charge in [0.15, 0.2) is 5.78 Å². The Morgan fingerprint density at radius 2 is 1.37 bits per heavy atom. The molecule has 0 saturated heterocycles. The third kappa shape index (κ3) is 5.02. The summed E-state index contributed by atoms with van der Waals surface area (Å²) in [5.74, 6) is 0.920. The Kier molecular flexibility index (Phi) is 5.62. The topological polar surface area (TPSA) is 26.3 Å². The van der Waals surface area contributed by atoms with Crippen molar-refractivity contribution in [2.75, 3.05) is 0 Å². The van der Waals surface area contributed by atoms with E-state index in [1.165, 1.54) is 30.3 Å². The summed E-state index contributed by atoms with van der Waals surface area (Å²) in [4.78, 5) is 12.1. The highest BCUT2D eigenvalue weighted by molar-refractivity contribution is 6.06. The smallest absolute Gasteiger partial charge is 0.185 e. The maximum Gasteiger partial charge on any atom is 0.185 e. The SMILES string of the molecule is C=C(C)c1ccc(Oc2ccc(C=CC(=O)c3ccc(F)cc3)cc2)cc1. The number of allylic oxidation sites excluding steroid dienone is 2. The summed E-state index contributed by atoms with van der Waals surface area (Å²) >= 11 is 0. The van der Waals surface area contributed by atoms with Crippen molar-refractivity contribution in [1.29, 1.82) is 0 Å². The maximum atomic E-state index is 12.9. The van der Waals surface area contributed by atoms with Crippen LogP contribution in [0.25, 0.3) is 11.6 Å². The van der Waals surface area contributed by atoms with E-state index >= 15 is 0 Å². The number of carbonyl (C=O) groups is 1. The van der Waals surface area contributed by atoms with E-state index in [-0.39, 0.29) is 11.6 Å². The monoisotopic (exact) mass is 358 g/mol. The van der Waals surface area contributed by atoms with Gasteiger partial charge in [-0.05, 0) is 72.7 Å². The average molecular weight is 358 g/mol. The van der Waals surface area contributed by atoms with Gasteiger partial charge in [0.1, 0.15) is 17.3 Å². The Labute approximate surface area is 158 Å². The molecular formula is C24H19FO2. The largest absolute Gasteiger partial charge is 0.457 e. The summed E-state index contributed by atoms with van der Waals surface area (Å²) in [6.45, 7) is 5.88. The average Bonchev–Trinajstić information content (AvgIpc) is 2.68. The zero-order valence-corrected chi connectivity index (χ0v) is 15.0. The van der Waals surface area contributed by atoms with Crippen molar-refractivity contribution in [2.24, 2.45) is 0 Å². The molecule has 0 aliphatic rings. The van der Waals surface area contributed by atoms with Crippen molar-refractivity contribution in [1.82, 2.24) is 0 Å². The molecule has 3 aromatic rings. The van der Waals surface area contributed by atoms with Crippen molar-refractivity contribution in [2.45, 2.75) is 6.92 Å². The van der Waals surface area contributed by atoms with E-state index in [0.29, 0.717) is 11.3 Å². The maximum absolute atomic E-state index is 12.9. The van der Waals surface area contributed by atoms with Crippen LogP contribution in [0.3, 0.4) is 0 Å². The quantitative estimate of drug-likeness (QED) is 0.369. The predicted octanol–water partition coefficient (Wildman–Crippen LogP) is 6.55. The van der Waals surface area contributed by atoms with Crippen LogP contribution in [0.15, 0.2) is 85.5 Å². The number of ether oxygens (including phenoxy) is 1. The lowest BCUT2D eigenvalue weighted by Gasteiger charge is -2.07. The minimum absolute atomic E-state index is 0.173. The highest BCUT2D eigenvalue weighted by Gasteiger charge is 2.02. The molecule has 3 aromatic carbocycles. The fourth-order valence-electron chi connectivity index (χ4n) is 2.47. The Hall–Kier alpha value is -3.46. The highest BCUT2D eigenvalue weighted by Crippen LogP contribution is 2.24. The molecule has 0 fully saturated rings. The molecule has 0 bridgehead atoms. The molecule has 0 aliphatic carbocycles. The molecule has 0 amide bonds. The van der Waals surface area contributed by atoms with Crippen molar-refractivity contribution in [3.8, 4) is 11.5 Å². The number of rotatable bonds is 6. The van der Waals surface area contributed by atoms with Crippen LogP contribution in [0.1, 0.15) is 28.4 Å². The van der Waals surface area contributed by atoms with Gasteiger partial charge in [0.05, 0.1) is 0 Å². The van der Waals surface area contributed by atoms with Crippen LogP contribution >= 0.6 is 0 Å². The molecule has 0 N–H and O–H groups in total. The summed E-state index contributed by atoms with van der Waals surface area (Å²) < 4.78 is 18.7.